The summed E-state index contributed by atoms with van der Waals surface area (Å²) in [4.78, 5) is 12.2. The average Bonchev–Trinajstić information content (AvgIpc) is 2.49. The molecule has 1 aromatic heterocycles. The fourth-order valence-electron chi connectivity index (χ4n) is 1.51. The fourth-order valence-corrected chi connectivity index (χ4v) is 1.51. The maximum Gasteiger partial charge on any atom is 0.330 e. The number of rotatable bonds is 6. The highest BCUT2D eigenvalue weighted by Crippen LogP contribution is 2.20. The third kappa shape index (κ3) is 4.03. The summed E-state index contributed by atoms with van der Waals surface area (Å²) in [7, 11) is 1.47. The van der Waals surface area contributed by atoms with E-state index in [0.29, 0.717) is 18.2 Å². The van der Waals surface area contributed by atoms with Gasteiger partial charge in [-0.1, -0.05) is 5.16 Å². The van der Waals surface area contributed by atoms with Gasteiger partial charge in [-0.2, -0.15) is 9.97 Å². The highest BCUT2D eigenvalue weighted by Gasteiger charge is 2.08. The van der Waals surface area contributed by atoms with E-state index >= 15 is 0 Å². The standard InChI is InChI=1S/C13H15N5O3/c1-3-14-11-16-12(20-2)18-13(17-11)21-10-6-4-9(5-7-10)8-15-19/h4-8,19H,3H2,1-2H3,(H,14,16,17,18)/b15-8+. The van der Waals surface area contributed by atoms with Gasteiger partial charge in [-0.15, -0.1) is 4.98 Å². The van der Waals surface area contributed by atoms with Crippen LogP contribution in [0.4, 0.5) is 5.95 Å². The molecule has 21 heavy (non-hydrogen) atoms. The first-order chi connectivity index (χ1) is 10.2. The Morgan fingerprint density at radius 2 is 1.90 bits per heavy atom. The van der Waals surface area contributed by atoms with Crippen LogP contribution in [-0.2, 0) is 0 Å². The number of hydrogen-bond donors (Lipinski definition) is 2. The Hall–Kier alpha value is -2.90. The van der Waals surface area contributed by atoms with Crippen LogP contribution in [0.2, 0.25) is 0 Å². The molecule has 0 bridgehead atoms. The van der Waals surface area contributed by atoms with Crippen molar-refractivity contribution in [2.75, 3.05) is 19.0 Å². The lowest BCUT2D eigenvalue weighted by Crippen LogP contribution is -2.06. The molecule has 0 amide bonds. The normalized spacial score (nSPS) is 10.6. The summed E-state index contributed by atoms with van der Waals surface area (Å²) in [6, 6.07) is 7.18. The monoisotopic (exact) mass is 289 g/mol. The Morgan fingerprint density at radius 1 is 1.19 bits per heavy atom. The second-order valence-corrected chi connectivity index (χ2v) is 3.87. The molecule has 8 heteroatoms. The van der Waals surface area contributed by atoms with Gasteiger partial charge in [0.2, 0.25) is 5.95 Å². The molecule has 2 aromatic rings. The van der Waals surface area contributed by atoms with Gasteiger partial charge in [-0.05, 0) is 36.8 Å². The van der Waals surface area contributed by atoms with Crippen LogP contribution in [0.15, 0.2) is 29.4 Å². The summed E-state index contributed by atoms with van der Waals surface area (Å²) in [5, 5.41) is 14.4. The zero-order chi connectivity index (χ0) is 15.1. The predicted octanol–water partition coefficient (Wildman–Crippen LogP) is 1.91. The molecule has 0 saturated carbocycles. The van der Waals surface area contributed by atoms with Crippen LogP contribution < -0.4 is 14.8 Å². The number of aromatic nitrogens is 3. The smallest absolute Gasteiger partial charge is 0.330 e. The Bertz CT molecular complexity index is 616. The molecule has 0 fully saturated rings. The summed E-state index contributed by atoms with van der Waals surface area (Å²) >= 11 is 0. The molecule has 1 aromatic carbocycles. The van der Waals surface area contributed by atoms with Gasteiger partial charge in [0, 0.05) is 6.54 Å². The predicted molar refractivity (Wildman–Crippen MR) is 76.4 cm³/mol. The molecule has 0 atom stereocenters. The third-order valence-corrected chi connectivity index (χ3v) is 2.41. The van der Waals surface area contributed by atoms with Crippen molar-refractivity contribution in [1.82, 2.24) is 15.0 Å². The van der Waals surface area contributed by atoms with Crippen molar-refractivity contribution in [3.8, 4) is 17.8 Å². The van der Waals surface area contributed by atoms with Crippen LogP contribution in [0.5, 0.6) is 17.8 Å². The molecule has 1 heterocycles. The lowest BCUT2D eigenvalue weighted by molar-refractivity contribution is 0.322. The Kier molecular flexibility index (Phi) is 4.86. The minimum absolute atomic E-state index is 0.126. The van der Waals surface area contributed by atoms with E-state index in [1.54, 1.807) is 24.3 Å². The summed E-state index contributed by atoms with van der Waals surface area (Å²) in [6.07, 6.45) is 1.32. The van der Waals surface area contributed by atoms with Crippen molar-refractivity contribution < 1.29 is 14.7 Å². The molecule has 0 radical (unpaired) electrons. The molecule has 0 spiro atoms. The molecule has 0 aliphatic carbocycles. The second kappa shape index (κ2) is 7.04. The number of ether oxygens (including phenoxy) is 2. The maximum atomic E-state index is 8.45. The Morgan fingerprint density at radius 3 is 2.52 bits per heavy atom. The third-order valence-electron chi connectivity index (χ3n) is 2.41. The van der Waals surface area contributed by atoms with E-state index in [0.717, 1.165) is 5.56 Å². The van der Waals surface area contributed by atoms with Crippen LogP contribution in [0.3, 0.4) is 0 Å². The van der Waals surface area contributed by atoms with Gasteiger partial charge in [0.1, 0.15) is 5.75 Å². The average molecular weight is 289 g/mol. The molecule has 2 N–H and O–H groups in total. The molecule has 8 nitrogen and oxygen atoms in total. The van der Waals surface area contributed by atoms with Crippen LogP contribution >= 0.6 is 0 Å². The highest BCUT2D eigenvalue weighted by molar-refractivity contribution is 5.79. The summed E-state index contributed by atoms with van der Waals surface area (Å²) in [6.45, 7) is 2.60. The van der Waals surface area contributed by atoms with Gasteiger partial charge in [0.05, 0.1) is 13.3 Å². The molecular formula is C13H15N5O3. The largest absolute Gasteiger partial charge is 0.467 e. The van der Waals surface area contributed by atoms with Crippen LogP contribution in [0.25, 0.3) is 0 Å². The van der Waals surface area contributed by atoms with E-state index < -0.39 is 0 Å². The lowest BCUT2D eigenvalue weighted by atomic mass is 10.2. The lowest BCUT2D eigenvalue weighted by Gasteiger charge is -2.07. The first-order valence-electron chi connectivity index (χ1n) is 6.24. The minimum Gasteiger partial charge on any atom is -0.467 e. The highest BCUT2D eigenvalue weighted by atomic mass is 16.5. The molecule has 0 aliphatic rings. The van der Waals surface area contributed by atoms with Gasteiger partial charge in [-0.3, -0.25) is 0 Å². The maximum absolute atomic E-state index is 8.45. The molecular weight excluding hydrogens is 274 g/mol. The van der Waals surface area contributed by atoms with Crippen molar-refractivity contribution in [2.45, 2.75) is 6.92 Å². The number of nitrogens with one attached hydrogen (secondary N) is 1. The molecule has 0 unspecified atom stereocenters. The van der Waals surface area contributed by atoms with Crippen molar-refractivity contribution in [3.63, 3.8) is 0 Å². The molecule has 0 aliphatic heterocycles. The first kappa shape index (κ1) is 14.5. The number of benzene rings is 1. The van der Waals surface area contributed by atoms with E-state index in [1.807, 2.05) is 6.92 Å². The van der Waals surface area contributed by atoms with E-state index in [4.69, 9.17) is 14.7 Å². The van der Waals surface area contributed by atoms with E-state index in [-0.39, 0.29) is 12.0 Å². The summed E-state index contributed by atoms with van der Waals surface area (Å²) in [5.41, 5.74) is 0.742. The number of hydrogen-bond acceptors (Lipinski definition) is 8. The van der Waals surface area contributed by atoms with Crippen LogP contribution in [0.1, 0.15) is 12.5 Å². The summed E-state index contributed by atoms with van der Waals surface area (Å²) in [5.74, 6) is 0.921. The van der Waals surface area contributed by atoms with Gasteiger partial charge in [0.15, 0.2) is 0 Å². The van der Waals surface area contributed by atoms with Gasteiger partial charge in [0.25, 0.3) is 0 Å². The van der Waals surface area contributed by atoms with E-state index in [2.05, 4.69) is 25.4 Å². The van der Waals surface area contributed by atoms with Crippen LogP contribution in [0, 0.1) is 0 Å². The zero-order valence-electron chi connectivity index (χ0n) is 11.6. The molecule has 0 saturated heterocycles. The molecule has 110 valence electrons. The Labute approximate surface area is 121 Å². The van der Waals surface area contributed by atoms with E-state index in [1.165, 1.54) is 13.3 Å². The number of nitrogens with zero attached hydrogens (tertiary/aromatic N) is 4. The molecule has 2 rings (SSSR count). The van der Waals surface area contributed by atoms with Gasteiger partial charge < -0.3 is 20.0 Å². The van der Waals surface area contributed by atoms with Crippen molar-refractivity contribution in [2.24, 2.45) is 5.16 Å². The Balaban J connectivity index is 2.19. The zero-order valence-corrected chi connectivity index (χ0v) is 11.6. The number of oxime groups is 1. The SMILES string of the molecule is CCNc1nc(OC)nc(Oc2ccc(/C=N/O)cc2)n1. The van der Waals surface area contributed by atoms with Crippen molar-refractivity contribution >= 4 is 12.2 Å². The second-order valence-electron chi connectivity index (χ2n) is 3.87. The number of methoxy groups -OCH3 is 1. The fraction of sp³-hybridized carbons (Fsp3) is 0.231. The summed E-state index contributed by atoms with van der Waals surface area (Å²) < 4.78 is 10.6. The van der Waals surface area contributed by atoms with Gasteiger partial charge >= 0.3 is 12.0 Å². The van der Waals surface area contributed by atoms with Crippen LogP contribution in [-0.4, -0.2) is 40.0 Å². The van der Waals surface area contributed by atoms with E-state index in [9.17, 15) is 0 Å². The quantitative estimate of drug-likeness (QED) is 0.475. The number of anilines is 1. The topological polar surface area (TPSA) is 102 Å². The first-order valence-corrected chi connectivity index (χ1v) is 6.24. The van der Waals surface area contributed by atoms with Gasteiger partial charge in [-0.25, -0.2) is 0 Å². The van der Waals surface area contributed by atoms with Crippen molar-refractivity contribution in [1.29, 1.82) is 0 Å². The van der Waals surface area contributed by atoms with Crippen molar-refractivity contribution in [3.05, 3.63) is 29.8 Å². The minimum atomic E-state index is 0.126.